The summed E-state index contributed by atoms with van der Waals surface area (Å²) in [7, 11) is 0. The van der Waals surface area contributed by atoms with Crippen LogP contribution in [0.2, 0.25) is 0 Å². The molecule has 26 heavy (non-hydrogen) atoms. The molecule has 2 aromatic rings. The Balaban J connectivity index is 1.44. The minimum Gasteiger partial charge on any atom is -0.368 e. The Hall–Kier alpha value is -2.70. The third-order valence-electron chi connectivity index (χ3n) is 4.74. The number of hydrogen-bond donors (Lipinski definition) is 1. The molecule has 1 saturated carbocycles. The molecule has 1 N–H and O–H groups in total. The highest BCUT2D eigenvalue weighted by Gasteiger charge is 2.26. The Kier molecular flexibility index (Phi) is 4.44. The number of nitrogens with zero attached hydrogens (tertiary/aromatic N) is 4. The van der Waals surface area contributed by atoms with E-state index in [-0.39, 0.29) is 11.7 Å². The molecule has 7 heteroatoms. The summed E-state index contributed by atoms with van der Waals surface area (Å²) in [5.41, 5.74) is 2.23. The van der Waals surface area contributed by atoms with Gasteiger partial charge in [0.15, 0.2) is 0 Å². The van der Waals surface area contributed by atoms with E-state index in [1.54, 1.807) is 18.2 Å². The molecule has 0 atom stereocenters. The molecule has 0 unspecified atom stereocenters. The van der Waals surface area contributed by atoms with Crippen LogP contribution in [0.5, 0.6) is 0 Å². The summed E-state index contributed by atoms with van der Waals surface area (Å²) < 4.78 is 13.1. The Labute approximate surface area is 152 Å². The number of carbonyl (C=O) groups is 1. The van der Waals surface area contributed by atoms with Gasteiger partial charge in [0.05, 0.1) is 0 Å². The summed E-state index contributed by atoms with van der Waals surface area (Å²) in [6.45, 7) is 4.99. The first-order valence-electron chi connectivity index (χ1n) is 9.00. The van der Waals surface area contributed by atoms with Crippen LogP contribution in [-0.2, 0) is 0 Å². The van der Waals surface area contributed by atoms with Gasteiger partial charge in [-0.05, 0) is 50.1 Å². The van der Waals surface area contributed by atoms with E-state index in [9.17, 15) is 9.18 Å². The molecule has 4 rings (SSSR count). The first-order chi connectivity index (χ1) is 12.6. The van der Waals surface area contributed by atoms with E-state index in [0.717, 1.165) is 50.4 Å². The van der Waals surface area contributed by atoms with Gasteiger partial charge in [0.1, 0.15) is 11.5 Å². The SMILES string of the molecule is Cc1cc(C(=O)NC2CC2)nc(N2CCN(c3ccc(F)cc3)CC2)n1. The maximum absolute atomic E-state index is 13.1. The van der Waals surface area contributed by atoms with Crippen LogP contribution < -0.4 is 15.1 Å². The molecule has 6 nitrogen and oxygen atoms in total. The Morgan fingerprint density at radius 1 is 1.08 bits per heavy atom. The van der Waals surface area contributed by atoms with E-state index in [0.29, 0.717) is 17.7 Å². The highest BCUT2D eigenvalue weighted by Crippen LogP contribution is 2.21. The lowest BCUT2D eigenvalue weighted by molar-refractivity contribution is 0.0946. The zero-order chi connectivity index (χ0) is 18.1. The van der Waals surface area contributed by atoms with E-state index >= 15 is 0 Å². The molecule has 136 valence electrons. The minimum atomic E-state index is -0.224. The Bertz CT molecular complexity index is 798. The smallest absolute Gasteiger partial charge is 0.270 e. The molecule has 1 amide bonds. The number of benzene rings is 1. The van der Waals surface area contributed by atoms with Crippen LogP contribution in [0.1, 0.15) is 29.0 Å². The lowest BCUT2D eigenvalue weighted by atomic mass is 10.2. The number of carbonyl (C=O) groups excluding carboxylic acids is 1. The van der Waals surface area contributed by atoms with Crippen molar-refractivity contribution in [1.29, 1.82) is 0 Å². The van der Waals surface area contributed by atoms with Crippen molar-refractivity contribution in [3.05, 3.63) is 47.5 Å². The number of hydrogen-bond acceptors (Lipinski definition) is 5. The van der Waals surface area contributed by atoms with Crippen LogP contribution in [0.3, 0.4) is 0 Å². The van der Waals surface area contributed by atoms with Gasteiger partial charge in [-0.2, -0.15) is 0 Å². The van der Waals surface area contributed by atoms with E-state index in [1.165, 1.54) is 12.1 Å². The van der Waals surface area contributed by atoms with Crippen molar-refractivity contribution in [3.8, 4) is 0 Å². The quantitative estimate of drug-likeness (QED) is 0.911. The van der Waals surface area contributed by atoms with Crippen LogP contribution in [0.25, 0.3) is 0 Å². The predicted octanol–water partition coefficient (Wildman–Crippen LogP) is 2.14. The average Bonchev–Trinajstić information content (AvgIpc) is 3.46. The Morgan fingerprint density at radius 2 is 1.73 bits per heavy atom. The molecule has 0 bridgehead atoms. The fourth-order valence-electron chi connectivity index (χ4n) is 3.11. The molecule has 2 heterocycles. The normalized spacial score (nSPS) is 17.3. The molecule has 2 fully saturated rings. The van der Waals surface area contributed by atoms with E-state index < -0.39 is 0 Å². The van der Waals surface area contributed by atoms with Crippen molar-refractivity contribution in [2.45, 2.75) is 25.8 Å². The fourth-order valence-corrected chi connectivity index (χ4v) is 3.11. The van der Waals surface area contributed by atoms with Crippen molar-refractivity contribution in [3.63, 3.8) is 0 Å². The molecule has 1 aliphatic heterocycles. The standard InChI is InChI=1S/C19H22FN5O/c1-13-12-17(18(26)22-15-4-5-15)23-19(21-13)25-10-8-24(9-11-25)16-6-2-14(20)3-7-16/h2-3,6-7,12,15H,4-5,8-11H2,1H3,(H,22,26). The molecule has 0 spiro atoms. The molecule has 1 aromatic heterocycles. The van der Waals surface area contributed by atoms with Crippen LogP contribution in [0.15, 0.2) is 30.3 Å². The molecular weight excluding hydrogens is 333 g/mol. The summed E-state index contributed by atoms with van der Waals surface area (Å²) in [5.74, 6) is 0.256. The number of halogens is 1. The van der Waals surface area contributed by atoms with E-state index in [2.05, 4.69) is 25.1 Å². The minimum absolute atomic E-state index is 0.121. The van der Waals surface area contributed by atoms with Crippen LogP contribution in [0.4, 0.5) is 16.0 Å². The summed E-state index contributed by atoms with van der Waals surface area (Å²) >= 11 is 0. The molecule has 1 aliphatic carbocycles. The monoisotopic (exact) mass is 355 g/mol. The van der Waals surface area contributed by atoms with Gasteiger partial charge in [-0.1, -0.05) is 0 Å². The lowest BCUT2D eigenvalue weighted by Gasteiger charge is -2.36. The van der Waals surface area contributed by atoms with Gasteiger partial charge in [0, 0.05) is 43.6 Å². The largest absolute Gasteiger partial charge is 0.368 e. The first kappa shape index (κ1) is 16.8. The maximum Gasteiger partial charge on any atom is 0.270 e. The zero-order valence-electron chi connectivity index (χ0n) is 14.8. The van der Waals surface area contributed by atoms with Gasteiger partial charge < -0.3 is 15.1 Å². The van der Waals surface area contributed by atoms with Gasteiger partial charge in [-0.3, -0.25) is 4.79 Å². The molecule has 0 radical (unpaired) electrons. The first-order valence-corrected chi connectivity index (χ1v) is 9.00. The van der Waals surface area contributed by atoms with Gasteiger partial charge in [-0.15, -0.1) is 0 Å². The second kappa shape index (κ2) is 6.90. The maximum atomic E-state index is 13.1. The molecule has 1 saturated heterocycles. The molecular formula is C19H22FN5O. The Morgan fingerprint density at radius 3 is 2.38 bits per heavy atom. The van der Waals surface area contributed by atoms with Crippen molar-refractivity contribution >= 4 is 17.5 Å². The highest BCUT2D eigenvalue weighted by molar-refractivity contribution is 5.93. The topological polar surface area (TPSA) is 61.4 Å². The summed E-state index contributed by atoms with van der Waals surface area (Å²) in [5, 5.41) is 2.97. The number of piperazine rings is 1. The van der Waals surface area contributed by atoms with Crippen LogP contribution >= 0.6 is 0 Å². The van der Waals surface area contributed by atoms with Crippen molar-refractivity contribution in [1.82, 2.24) is 15.3 Å². The molecule has 1 aromatic carbocycles. The van der Waals surface area contributed by atoms with Crippen molar-refractivity contribution < 1.29 is 9.18 Å². The average molecular weight is 355 g/mol. The van der Waals surface area contributed by atoms with Gasteiger partial charge in [0.2, 0.25) is 5.95 Å². The molecule has 2 aliphatic rings. The van der Waals surface area contributed by atoms with Crippen LogP contribution in [-0.4, -0.2) is 48.1 Å². The van der Waals surface area contributed by atoms with Gasteiger partial charge in [0.25, 0.3) is 5.91 Å². The third kappa shape index (κ3) is 3.76. The summed E-state index contributed by atoms with van der Waals surface area (Å²) in [6.07, 6.45) is 2.10. The lowest BCUT2D eigenvalue weighted by Crippen LogP contribution is -2.47. The number of rotatable bonds is 4. The number of aromatic nitrogens is 2. The second-order valence-corrected chi connectivity index (χ2v) is 6.89. The van der Waals surface area contributed by atoms with E-state index in [1.807, 2.05) is 6.92 Å². The van der Waals surface area contributed by atoms with Gasteiger partial charge >= 0.3 is 0 Å². The number of anilines is 2. The summed E-state index contributed by atoms with van der Waals surface area (Å²) in [6, 6.07) is 8.60. The fraction of sp³-hybridized carbons (Fsp3) is 0.421. The third-order valence-corrected chi connectivity index (χ3v) is 4.74. The zero-order valence-corrected chi connectivity index (χ0v) is 14.8. The van der Waals surface area contributed by atoms with Crippen molar-refractivity contribution in [2.75, 3.05) is 36.0 Å². The number of amides is 1. The van der Waals surface area contributed by atoms with Crippen LogP contribution in [0, 0.1) is 12.7 Å². The van der Waals surface area contributed by atoms with E-state index in [4.69, 9.17) is 0 Å². The number of aryl methyl sites for hydroxylation is 1. The van der Waals surface area contributed by atoms with Gasteiger partial charge in [-0.25, -0.2) is 14.4 Å². The number of nitrogens with one attached hydrogen (secondary N) is 1. The second-order valence-electron chi connectivity index (χ2n) is 6.89. The highest BCUT2D eigenvalue weighted by atomic mass is 19.1. The summed E-state index contributed by atoms with van der Waals surface area (Å²) in [4.78, 5) is 25.6. The van der Waals surface area contributed by atoms with Crippen molar-refractivity contribution in [2.24, 2.45) is 0 Å². The predicted molar refractivity (Wildman–Crippen MR) is 98.1 cm³/mol.